The summed E-state index contributed by atoms with van der Waals surface area (Å²) in [6, 6.07) is 6.00. The number of aromatic nitrogens is 4. The normalized spacial score (nSPS) is 17.3. The number of alkyl halides is 3. The van der Waals surface area contributed by atoms with Gasteiger partial charge in [-0.3, -0.25) is 14.9 Å². The summed E-state index contributed by atoms with van der Waals surface area (Å²) in [5.41, 5.74) is 1.39. The number of hydrogen-bond donors (Lipinski definition) is 3. The maximum atomic E-state index is 12.7. The highest BCUT2D eigenvalue weighted by Crippen LogP contribution is 2.28. The van der Waals surface area contributed by atoms with Crippen molar-refractivity contribution in [1.29, 1.82) is 0 Å². The summed E-state index contributed by atoms with van der Waals surface area (Å²) in [6.45, 7) is -0.0350. The third-order valence-electron chi connectivity index (χ3n) is 5.17. The van der Waals surface area contributed by atoms with Crippen molar-refractivity contribution in [1.82, 2.24) is 24.9 Å². The Hall–Kier alpha value is -4.16. The van der Waals surface area contributed by atoms with Crippen molar-refractivity contribution in [3.8, 4) is 5.75 Å². The number of nitrogens with zero attached hydrogens (tertiary/aromatic N) is 4. The number of amides is 2. The first-order valence-corrected chi connectivity index (χ1v) is 10.4. The first kappa shape index (κ1) is 21.7. The summed E-state index contributed by atoms with van der Waals surface area (Å²) in [4.78, 5) is 32.3. The molecule has 2 aliphatic rings. The van der Waals surface area contributed by atoms with Crippen LogP contribution in [0.3, 0.4) is 0 Å². The smallest absolute Gasteiger partial charge is 0.405 e. The molecule has 3 aromatic rings. The van der Waals surface area contributed by atoms with E-state index in [9.17, 15) is 22.8 Å². The molecular weight excluding hydrogens is 455 g/mol. The second-order valence-corrected chi connectivity index (χ2v) is 7.86. The van der Waals surface area contributed by atoms with Crippen LogP contribution in [0.25, 0.3) is 11.7 Å². The first-order valence-electron chi connectivity index (χ1n) is 10.4. The van der Waals surface area contributed by atoms with Crippen molar-refractivity contribution in [3.63, 3.8) is 0 Å². The molecule has 3 N–H and O–H groups in total. The lowest BCUT2D eigenvalue weighted by Gasteiger charge is -2.14. The number of rotatable bonds is 7. The van der Waals surface area contributed by atoms with Gasteiger partial charge in [0, 0.05) is 29.3 Å². The van der Waals surface area contributed by atoms with E-state index in [-0.39, 0.29) is 47.7 Å². The number of ether oxygens (including phenoxy) is 1. The Balaban J connectivity index is 1.46. The van der Waals surface area contributed by atoms with Crippen LogP contribution in [0.5, 0.6) is 5.75 Å². The number of anilines is 2. The number of carbonyl (C=O) groups is 2. The van der Waals surface area contributed by atoms with E-state index < -0.39 is 12.3 Å². The summed E-state index contributed by atoms with van der Waals surface area (Å²) < 4.78 is 43.8. The highest BCUT2D eigenvalue weighted by molar-refractivity contribution is 6.15. The number of halogens is 3. The molecule has 3 heterocycles. The van der Waals surface area contributed by atoms with E-state index in [0.29, 0.717) is 17.2 Å². The second-order valence-electron chi connectivity index (χ2n) is 7.86. The fraction of sp³-hybridized carbons (Fsp3) is 0.286. The SMILES string of the molecule is O=C1C/C(=C\c2cnn3c(NC4CC4)nc(NCc4ccccc4OC(F)(F)F)nc23)C(=O)N1. The molecule has 10 nitrogen and oxygen atoms in total. The zero-order chi connectivity index (χ0) is 23.9. The highest BCUT2D eigenvalue weighted by Gasteiger charge is 2.32. The Bertz CT molecular complexity index is 1310. The molecule has 13 heteroatoms. The molecule has 0 radical (unpaired) electrons. The van der Waals surface area contributed by atoms with Gasteiger partial charge in [-0.15, -0.1) is 13.2 Å². The van der Waals surface area contributed by atoms with Gasteiger partial charge in [0.1, 0.15) is 5.75 Å². The molecule has 0 unspecified atom stereocenters. The molecule has 2 fully saturated rings. The Labute approximate surface area is 190 Å². The van der Waals surface area contributed by atoms with Gasteiger partial charge in [-0.1, -0.05) is 18.2 Å². The van der Waals surface area contributed by atoms with E-state index >= 15 is 0 Å². The number of para-hydroxylation sites is 1. The van der Waals surface area contributed by atoms with Crippen LogP contribution in [0, 0.1) is 0 Å². The van der Waals surface area contributed by atoms with Gasteiger partial charge in [0.15, 0.2) is 5.65 Å². The van der Waals surface area contributed by atoms with E-state index in [2.05, 4.69) is 35.8 Å². The topological polar surface area (TPSA) is 123 Å². The quantitative estimate of drug-likeness (QED) is 0.354. The van der Waals surface area contributed by atoms with Gasteiger partial charge in [0.05, 0.1) is 12.6 Å². The van der Waals surface area contributed by atoms with E-state index in [1.165, 1.54) is 35.0 Å². The Morgan fingerprint density at radius 3 is 2.71 bits per heavy atom. The molecule has 0 atom stereocenters. The van der Waals surface area contributed by atoms with Gasteiger partial charge in [-0.25, -0.2) is 0 Å². The average molecular weight is 473 g/mol. The fourth-order valence-corrected chi connectivity index (χ4v) is 3.44. The largest absolute Gasteiger partial charge is 0.573 e. The van der Waals surface area contributed by atoms with Crippen LogP contribution in [0.15, 0.2) is 36.0 Å². The number of hydrogen-bond acceptors (Lipinski definition) is 8. The zero-order valence-corrected chi connectivity index (χ0v) is 17.5. The van der Waals surface area contributed by atoms with Gasteiger partial charge < -0.3 is 15.4 Å². The first-order chi connectivity index (χ1) is 16.2. The van der Waals surface area contributed by atoms with Crippen LogP contribution in [0.1, 0.15) is 30.4 Å². The predicted octanol–water partition coefficient (Wildman–Crippen LogP) is 2.64. The van der Waals surface area contributed by atoms with Gasteiger partial charge >= 0.3 is 6.36 Å². The van der Waals surface area contributed by atoms with E-state index in [1.54, 1.807) is 6.07 Å². The minimum absolute atomic E-state index is 0.0350. The van der Waals surface area contributed by atoms with Crippen LogP contribution >= 0.6 is 0 Å². The van der Waals surface area contributed by atoms with Crippen molar-refractivity contribution < 1.29 is 27.5 Å². The molecule has 34 heavy (non-hydrogen) atoms. The van der Waals surface area contributed by atoms with Crippen LogP contribution in [-0.2, 0) is 16.1 Å². The predicted molar refractivity (Wildman–Crippen MR) is 114 cm³/mol. The van der Waals surface area contributed by atoms with E-state index in [1.807, 2.05) is 0 Å². The summed E-state index contributed by atoms with van der Waals surface area (Å²) in [7, 11) is 0. The standard InChI is InChI=1S/C21H18F3N7O3/c22-21(23,24)34-15-4-2-1-3-11(15)9-25-19-29-17-13(7-12-8-16(32)28-18(12)33)10-26-31(17)20(30-19)27-14-5-6-14/h1-4,7,10,14H,5-6,8-9H2,(H,28,32,33)(H2,25,27,29,30)/b12-7+. The van der Waals surface area contributed by atoms with Crippen molar-refractivity contribution in [2.75, 3.05) is 10.6 Å². The third-order valence-corrected chi connectivity index (χ3v) is 5.17. The Kier molecular flexibility index (Phi) is 5.30. The number of imide groups is 1. The lowest BCUT2D eigenvalue weighted by atomic mass is 10.1. The molecule has 2 aromatic heterocycles. The fourth-order valence-electron chi connectivity index (χ4n) is 3.44. The lowest BCUT2D eigenvalue weighted by molar-refractivity contribution is -0.274. The van der Waals surface area contributed by atoms with Crippen molar-refractivity contribution in [2.24, 2.45) is 0 Å². The molecule has 1 aliphatic heterocycles. The van der Waals surface area contributed by atoms with Gasteiger partial charge in [-0.2, -0.15) is 19.6 Å². The number of fused-ring (bicyclic) bond motifs is 1. The minimum atomic E-state index is -4.82. The van der Waals surface area contributed by atoms with E-state index in [4.69, 9.17) is 0 Å². The molecule has 1 saturated heterocycles. The van der Waals surface area contributed by atoms with Crippen LogP contribution in [-0.4, -0.2) is 43.8 Å². The number of benzene rings is 1. The van der Waals surface area contributed by atoms with E-state index in [0.717, 1.165) is 12.8 Å². The Morgan fingerprint density at radius 2 is 2.00 bits per heavy atom. The molecule has 0 bridgehead atoms. The number of carbonyl (C=O) groups excluding carboxylic acids is 2. The molecule has 176 valence electrons. The maximum absolute atomic E-state index is 12.7. The lowest BCUT2D eigenvalue weighted by Crippen LogP contribution is -2.19. The van der Waals surface area contributed by atoms with Crippen molar-refractivity contribution in [3.05, 3.63) is 47.2 Å². The molecular formula is C21H18F3N7O3. The van der Waals surface area contributed by atoms with Crippen LogP contribution in [0.2, 0.25) is 0 Å². The average Bonchev–Trinajstić information content (AvgIpc) is 3.40. The second kappa shape index (κ2) is 8.32. The number of nitrogens with one attached hydrogen (secondary N) is 3. The minimum Gasteiger partial charge on any atom is -0.405 e. The van der Waals surface area contributed by atoms with Crippen molar-refractivity contribution in [2.45, 2.75) is 38.2 Å². The molecule has 0 spiro atoms. The van der Waals surface area contributed by atoms with Gasteiger partial charge in [0.2, 0.25) is 17.8 Å². The highest BCUT2D eigenvalue weighted by atomic mass is 19.4. The summed E-state index contributed by atoms with van der Waals surface area (Å²) >= 11 is 0. The maximum Gasteiger partial charge on any atom is 0.573 e. The van der Waals surface area contributed by atoms with Gasteiger partial charge in [0.25, 0.3) is 5.91 Å². The van der Waals surface area contributed by atoms with Gasteiger partial charge in [-0.05, 0) is 25.0 Å². The monoisotopic (exact) mass is 473 g/mol. The molecule has 1 aromatic carbocycles. The summed E-state index contributed by atoms with van der Waals surface area (Å²) in [5, 5.41) is 12.7. The van der Waals surface area contributed by atoms with Crippen LogP contribution < -0.4 is 20.7 Å². The molecule has 1 saturated carbocycles. The molecule has 2 amide bonds. The molecule has 5 rings (SSSR count). The molecule has 1 aliphatic carbocycles. The van der Waals surface area contributed by atoms with Crippen LogP contribution in [0.4, 0.5) is 25.1 Å². The summed E-state index contributed by atoms with van der Waals surface area (Å²) in [5.74, 6) is -0.655. The summed E-state index contributed by atoms with van der Waals surface area (Å²) in [6.07, 6.45) is 0.109. The Morgan fingerprint density at radius 1 is 1.21 bits per heavy atom. The third kappa shape index (κ3) is 4.77. The van der Waals surface area contributed by atoms with Crippen molar-refractivity contribution >= 4 is 35.4 Å². The zero-order valence-electron chi connectivity index (χ0n) is 17.5.